The smallest absolute Gasteiger partial charge is 0.326 e. The highest BCUT2D eigenvalue weighted by atomic mass is 32.2. The minimum Gasteiger partial charge on any atom is -0.492 e. The van der Waals surface area contributed by atoms with E-state index < -0.39 is 26.4 Å². The van der Waals surface area contributed by atoms with Gasteiger partial charge in [-0.15, -0.1) is 0 Å². The number of hydrogen-bond acceptors (Lipinski definition) is 4. The molecule has 1 aromatic rings. The molecule has 1 aromatic heterocycles. The van der Waals surface area contributed by atoms with Crippen LogP contribution in [0, 0.1) is 0 Å². The van der Waals surface area contributed by atoms with Crippen LogP contribution in [-0.2, 0) is 9.84 Å². The van der Waals surface area contributed by atoms with Crippen molar-refractivity contribution in [3.05, 3.63) is 10.5 Å². The van der Waals surface area contributed by atoms with Crippen LogP contribution in [-0.4, -0.2) is 29.7 Å². The molecule has 1 heterocycles. The maximum Gasteiger partial charge on any atom is 0.326 e. The van der Waals surface area contributed by atoms with Gasteiger partial charge >= 0.3 is 5.69 Å². The lowest BCUT2D eigenvalue weighted by atomic mass is 10.9. The van der Waals surface area contributed by atoms with E-state index in [-0.39, 0.29) is 0 Å². The van der Waals surface area contributed by atoms with E-state index in [0.29, 0.717) is 0 Å². The van der Waals surface area contributed by atoms with Gasteiger partial charge in [0, 0.05) is 6.26 Å². The number of imidazole rings is 1. The predicted molar refractivity (Wildman–Crippen MR) is 36.2 cm³/mol. The average molecular weight is 178 g/mol. The van der Waals surface area contributed by atoms with Crippen molar-refractivity contribution in [2.24, 2.45) is 0 Å². The second kappa shape index (κ2) is 2.12. The van der Waals surface area contributed by atoms with E-state index >= 15 is 0 Å². The molecule has 0 saturated heterocycles. The highest BCUT2D eigenvalue weighted by Gasteiger charge is 2.15. The SMILES string of the molecule is CS(=O)(=O)c1[nH]c(=O)[nH]c1O. The van der Waals surface area contributed by atoms with Crippen LogP contribution in [0.1, 0.15) is 0 Å². The summed E-state index contributed by atoms with van der Waals surface area (Å²) in [5.41, 5.74) is -0.747. The zero-order chi connectivity index (χ0) is 8.65. The van der Waals surface area contributed by atoms with Crippen molar-refractivity contribution in [3.8, 4) is 5.88 Å². The number of aromatic amines is 2. The summed E-state index contributed by atoms with van der Waals surface area (Å²) in [5.74, 6) is -0.655. The summed E-state index contributed by atoms with van der Waals surface area (Å²) in [5, 5.41) is 8.32. The van der Waals surface area contributed by atoms with Gasteiger partial charge in [0.25, 0.3) is 0 Å². The van der Waals surface area contributed by atoms with Crippen molar-refractivity contribution in [2.75, 3.05) is 6.26 Å². The molecule has 0 radical (unpaired) electrons. The first-order valence-electron chi connectivity index (χ1n) is 2.62. The van der Waals surface area contributed by atoms with E-state index in [9.17, 15) is 13.2 Å². The number of H-pyrrole nitrogens is 2. The van der Waals surface area contributed by atoms with Crippen LogP contribution in [0.5, 0.6) is 5.88 Å². The first-order valence-corrected chi connectivity index (χ1v) is 4.51. The highest BCUT2D eigenvalue weighted by molar-refractivity contribution is 7.90. The van der Waals surface area contributed by atoms with E-state index in [1.54, 1.807) is 0 Å². The second-order valence-corrected chi connectivity index (χ2v) is 3.98. The second-order valence-electron chi connectivity index (χ2n) is 2.03. The fourth-order valence-electron chi connectivity index (χ4n) is 0.626. The van der Waals surface area contributed by atoms with Gasteiger partial charge < -0.3 is 5.11 Å². The van der Waals surface area contributed by atoms with Crippen molar-refractivity contribution in [1.82, 2.24) is 9.97 Å². The molecule has 0 aromatic carbocycles. The van der Waals surface area contributed by atoms with Crippen LogP contribution >= 0.6 is 0 Å². The van der Waals surface area contributed by atoms with Gasteiger partial charge in [0.1, 0.15) is 0 Å². The van der Waals surface area contributed by atoms with E-state index in [0.717, 1.165) is 6.26 Å². The molecule has 0 unspecified atom stereocenters. The zero-order valence-corrected chi connectivity index (χ0v) is 6.40. The van der Waals surface area contributed by atoms with Gasteiger partial charge in [0.05, 0.1) is 0 Å². The Kier molecular flexibility index (Phi) is 1.52. The first-order chi connectivity index (χ1) is 4.91. The first kappa shape index (κ1) is 7.86. The zero-order valence-electron chi connectivity index (χ0n) is 5.58. The topological polar surface area (TPSA) is 103 Å². The van der Waals surface area contributed by atoms with Crippen LogP contribution in [0.15, 0.2) is 9.82 Å². The van der Waals surface area contributed by atoms with Crippen molar-refractivity contribution in [2.45, 2.75) is 5.03 Å². The summed E-state index contributed by atoms with van der Waals surface area (Å²) in [6.07, 6.45) is 0.881. The van der Waals surface area contributed by atoms with Crippen LogP contribution in [0.4, 0.5) is 0 Å². The van der Waals surface area contributed by atoms with Gasteiger partial charge in [-0.25, -0.2) is 13.2 Å². The molecular formula is C4H6N2O4S. The molecule has 0 aliphatic carbocycles. The molecule has 0 amide bonds. The third-order valence-electron chi connectivity index (χ3n) is 1.04. The lowest BCUT2D eigenvalue weighted by molar-refractivity contribution is 0.439. The van der Waals surface area contributed by atoms with Gasteiger partial charge in [0.15, 0.2) is 14.9 Å². The Morgan fingerprint density at radius 1 is 1.36 bits per heavy atom. The normalized spacial score (nSPS) is 11.7. The Balaban J connectivity index is 3.48. The molecule has 0 atom stereocenters. The molecule has 0 fully saturated rings. The van der Waals surface area contributed by atoms with Crippen LogP contribution in [0.3, 0.4) is 0 Å². The summed E-state index contributed by atoms with van der Waals surface area (Å²) in [7, 11) is -3.55. The average Bonchev–Trinajstić information content (AvgIpc) is 2.08. The molecule has 0 saturated carbocycles. The third kappa shape index (κ3) is 1.43. The summed E-state index contributed by atoms with van der Waals surface area (Å²) in [6, 6.07) is 0. The highest BCUT2D eigenvalue weighted by Crippen LogP contribution is 2.13. The van der Waals surface area contributed by atoms with Crippen molar-refractivity contribution in [1.29, 1.82) is 0 Å². The largest absolute Gasteiger partial charge is 0.492 e. The molecular weight excluding hydrogens is 172 g/mol. The summed E-state index contributed by atoms with van der Waals surface area (Å²) >= 11 is 0. The molecule has 7 heteroatoms. The number of hydrogen-bond donors (Lipinski definition) is 3. The van der Waals surface area contributed by atoms with Crippen molar-refractivity contribution < 1.29 is 13.5 Å². The van der Waals surface area contributed by atoms with Gasteiger partial charge in [0.2, 0.25) is 5.88 Å². The Bertz CT molecular complexity index is 412. The Morgan fingerprint density at radius 3 is 2.09 bits per heavy atom. The number of rotatable bonds is 1. The van der Waals surface area contributed by atoms with Crippen molar-refractivity contribution in [3.63, 3.8) is 0 Å². The van der Waals surface area contributed by atoms with Gasteiger partial charge in [-0.2, -0.15) is 0 Å². The Labute approximate surface area is 61.8 Å². The molecule has 11 heavy (non-hydrogen) atoms. The summed E-state index contributed by atoms with van der Waals surface area (Å²) < 4.78 is 21.4. The van der Waals surface area contributed by atoms with E-state index in [2.05, 4.69) is 0 Å². The maximum atomic E-state index is 10.7. The minimum atomic E-state index is -3.55. The Hall–Kier alpha value is -1.24. The number of aromatic nitrogens is 2. The molecule has 0 bridgehead atoms. The molecule has 0 spiro atoms. The van der Waals surface area contributed by atoms with Crippen LogP contribution in [0.25, 0.3) is 0 Å². The van der Waals surface area contributed by atoms with E-state index in [1.807, 2.05) is 9.97 Å². The fourth-order valence-corrected chi connectivity index (χ4v) is 1.31. The molecule has 0 aliphatic rings. The molecule has 1 rings (SSSR count). The lowest BCUT2D eigenvalue weighted by Crippen LogP contribution is -2.03. The van der Waals surface area contributed by atoms with Gasteiger partial charge in [-0.05, 0) is 0 Å². The molecule has 3 N–H and O–H groups in total. The summed E-state index contributed by atoms with van der Waals surface area (Å²) in [6.45, 7) is 0. The van der Waals surface area contributed by atoms with Crippen LogP contribution < -0.4 is 5.69 Å². The van der Waals surface area contributed by atoms with Gasteiger partial charge in [-0.3, -0.25) is 9.97 Å². The van der Waals surface area contributed by atoms with Crippen molar-refractivity contribution >= 4 is 9.84 Å². The Morgan fingerprint density at radius 2 is 1.91 bits per heavy atom. The molecule has 6 nitrogen and oxygen atoms in total. The molecule has 62 valence electrons. The lowest BCUT2D eigenvalue weighted by Gasteiger charge is -1.90. The standard InChI is InChI=1S/C4H6N2O4S/c1-11(9,10)3-2(7)5-4(8)6-3/h7H,1H3,(H2,5,6,8). The number of nitrogens with one attached hydrogen (secondary N) is 2. The maximum absolute atomic E-state index is 10.7. The minimum absolute atomic E-state index is 0.484. The monoisotopic (exact) mass is 178 g/mol. The predicted octanol–water partition coefficient (Wildman–Crippen LogP) is -1.19. The van der Waals surface area contributed by atoms with Crippen LogP contribution in [0.2, 0.25) is 0 Å². The van der Waals surface area contributed by atoms with Gasteiger partial charge in [-0.1, -0.05) is 0 Å². The third-order valence-corrected chi connectivity index (χ3v) is 2.08. The van der Waals surface area contributed by atoms with E-state index in [1.165, 1.54) is 0 Å². The van der Waals surface area contributed by atoms with E-state index in [4.69, 9.17) is 5.11 Å². The fraction of sp³-hybridized carbons (Fsp3) is 0.250. The molecule has 0 aliphatic heterocycles. The quantitative estimate of drug-likeness (QED) is 0.503. The summed E-state index contributed by atoms with van der Waals surface area (Å²) in [4.78, 5) is 14.2. The number of aromatic hydroxyl groups is 1. The number of sulfone groups is 1.